The lowest BCUT2D eigenvalue weighted by atomic mass is 10.5. The minimum atomic E-state index is 1.25. The van der Waals surface area contributed by atoms with E-state index in [4.69, 9.17) is 5.73 Å². The van der Waals surface area contributed by atoms with Crippen molar-refractivity contribution >= 4 is 6.34 Å². The van der Waals surface area contributed by atoms with E-state index >= 15 is 0 Å². The lowest BCUT2D eigenvalue weighted by Gasteiger charge is -1.69. The van der Waals surface area contributed by atoms with Gasteiger partial charge in [-0.25, -0.2) is 4.99 Å². The minimum Gasteiger partial charge on any atom is -0.390 e. The fourth-order valence-electron chi connectivity index (χ4n) is 0.260. The van der Waals surface area contributed by atoms with Crippen molar-refractivity contribution in [2.45, 2.75) is 6.92 Å². The summed E-state index contributed by atoms with van der Waals surface area (Å²) in [5, 5.41) is 0. The Balaban J connectivity index is 3.35. The third kappa shape index (κ3) is 4.95. The minimum absolute atomic E-state index is 1.25. The highest BCUT2D eigenvalue weighted by atomic mass is 14.8. The van der Waals surface area contributed by atoms with Crippen LogP contribution in [0.4, 0.5) is 0 Å². The van der Waals surface area contributed by atoms with Crippen LogP contribution < -0.4 is 5.73 Å². The van der Waals surface area contributed by atoms with E-state index in [2.05, 4.69) is 4.99 Å². The fraction of sp³-hybridized carbons (Fsp3) is 0.167. The van der Waals surface area contributed by atoms with Crippen molar-refractivity contribution < 1.29 is 0 Å². The van der Waals surface area contributed by atoms with Crippen molar-refractivity contribution in [3.8, 4) is 0 Å². The first-order chi connectivity index (χ1) is 3.91. The number of allylic oxidation sites excluding steroid dienone is 3. The average Bonchev–Trinajstić information content (AvgIpc) is 1.81. The molecule has 2 heteroatoms. The van der Waals surface area contributed by atoms with E-state index in [-0.39, 0.29) is 0 Å². The first-order valence-electron chi connectivity index (χ1n) is 2.43. The zero-order chi connectivity index (χ0) is 6.24. The van der Waals surface area contributed by atoms with Gasteiger partial charge in [-0.3, -0.25) is 0 Å². The van der Waals surface area contributed by atoms with Gasteiger partial charge < -0.3 is 5.73 Å². The third-order valence-corrected chi connectivity index (χ3v) is 0.562. The van der Waals surface area contributed by atoms with Gasteiger partial charge in [0.2, 0.25) is 0 Å². The molecule has 0 spiro atoms. The molecule has 0 radical (unpaired) electrons. The van der Waals surface area contributed by atoms with E-state index in [9.17, 15) is 0 Å². The molecule has 8 heavy (non-hydrogen) atoms. The van der Waals surface area contributed by atoms with E-state index in [1.54, 1.807) is 6.20 Å². The van der Waals surface area contributed by atoms with E-state index in [0.717, 1.165) is 0 Å². The number of nitrogens with two attached hydrogens (primary N) is 1. The van der Waals surface area contributed by atoms with Crippen LogP contribution in [-0.2, 0) is 0 Å². The Morgan fingerprint density at radius 3 is 2.62 bits per heavy atom. The topological polar surface area (TPSA) is 38.4 Å². The van der Waals surface area contributed by atoms with Gasteiger partial charge >= 0.3 is 0 Å². The predicted molar refractivity (Wildman–Crippen MR) is 36.6 cm³/mol. The van der Waals surface area contributed by atoms with Crippen LogP contribution in [0.15, 0.2) is 29.4 Å². The van der Waals surface area contributed by atoms with E-state index < -0.39 is 0 Å². The summed E-state index contributed by atoms with van der Waals surface area (Å²) in [6.45, 7) is 1.94. The summed E-state index contributed by atoms with van der Waals surface area (Å²) in [6, 6.07) is 0. The van der Waals surface area contributed by atoms with Crippen molar-refractivity contribution in [2.24, 2.45) is 10.7 Å². The van der Waals surface area contributed by atoms with Gasteiger partial charge in [0.05, 0.1) is 6.34 Å². The van der Waals surface area contributed by atoms with Gasteiger partial charge in [-0.2, -0.15) is 0 Å². The molecule has 0 aliphatic heterocycles. The summed E-state index contributed by atoms with van der Waals surface area (Å²) in [5.41, 5.74) is 4.94. The molecule has 0 saturated heterocycles. The first-order valence-corrected chi connectivity index (χ1v) is 2.43. The third-order valence-electron chi connectivity index (χ3n) is 0.562. The molecule has 0 rings (SSSR count). The van der Waals surface area contributed by atoms with Crippen LogP contribution in [0.1, 0.15) is 6.92 Å². The van der Waals surface area contributed by atoms with Crippen molar-refractivity contribution in [3.05, 3.63) is 24.4 Å². The number of hydrogen-bond acceptors (Lipinski definition) is 1. The molecule has 0 aliphatic carbocycles. The fourth-order valence-corrected chi connectivity index (χ4v) is 0.260. The summed E-state index contributed by atoms with van der Waals surface area (Å²) in [5.74, 6) is 0. The van der Waals surface area contributed by atoms with Gasteiger partial charge in [-0.1, -0.05) is 12.2 Å². The SMILES string of the molecule is CC=CC=CN=CN. The molecule has 0 heterocycles. The van der Waals surface area contributed by atoms with Crippen molar-refractivity contribution in [3.63, 3.8) is 0 Å². The van der Waals surface area contributed by atoms with Crippen molar-refractivity contribution in [1.29, 1.82) is 0 Å². The van der Waals surface area contributed by atoms with Gasteiger partial charge in [-0.05, 0) is 13.0 Å². The van der Waals surface area contributed by atoms with Gasteiger partial charge in [0.15, 0.2) is 0 Å². The predicted octanol–water partition coefficient (Wildman–Crippen LogP) is 1.06. The standard InChI is InChI=1S/C6H10N2/c1-2-3-4-5-8-6-7/h2-6H,1H3,(H2,7,8). The molecule has 0 aromatic carbocycles. The molecule has 0 saturated carbocycles. The molecule has 2 nitrogen and oxygen atoms in total. The second kappa shape index (κ2) is 5.95. The summed E-state index contributed by atoms with van der Waals surface area (Å²) in [7, 11) is 0. The van der Waals surface area contributed by atoms with Crippen LogP contribution in [0.5, 0.6) is 0 Å². The van der Waals surface area contributed by atoms with Crippen LogP contribution in [0, 0.1) is 0 Å². The van der Waals surface area contributed by atoms with Gasteiger partial charge in [-0.15, -0.1) is 0 Å². The molecule has 2 N–H and O–H groups in total. The largest absolute Gasteiger partial charge is 0.390 e. The molecule has 0 unspecified atom stereocenters. The highest BCUT2D eigenvalue weighted by molar-refractivity contribution is 5.52. The molecule has 0 fully saturated rings. The van der Waals surface area contributed by atoms with Crippen LogP contribution in [0.25, 0.3) is 0 Å². The van der Waals surface area contributed by atoms with Crippen LogP contribution >= 0.6 is 0 Å². The molecular formula is C6H10N2. The molecule has 44 valence electrons. The highest BCUT2D eigenvalue weighted by Gasteiger charge is 1.55. The van der Waals surface area contributed by atoms with Crippen LogP contribution in [0.2, 0.25) is 0 Å². The van der Waals surface area contributed by atoms with E-state index in [1.165, 1.54) is 6.34 Å². The molecule has 0 aliphatic rings. The second-order valence-electron chi connectivity index (χ2n) is 1.17. The van der Waals surface area contributed by atoms with Gasteiger partial charge in [0.1, 0.15) is 0 Å². The maximum Gasteiger partial charge on any atom is 0.0852 e. The molecular weight excluding hydrogens is 100 g/mol. The summed E-state index contributed by atoms with van der Waals surface area (Å²) >= 11 is 0. The summed E-state index contributed by atoms with van der Waals surface area (Å²) in [4.78, 5) is 3.63. The summed E-state index contributed by atoms with van der Waals surface area (Å²) in [6.07, 6.45) is 8.49. The maximum atomic E-state index is 4.94. The Morgan fingerprint density at radius 1 is 1.38 bits per heavy atom. The van der Waals surface area contributed by atoms with Crippen LogP contribution in [0.3, 0.4) is 0 Å². The average molecular weight is 110 g/mol. The lowest BCUT2D eigenvalue weighted by molar-refractivity contribution is 1.55. The van der Waals surface area contributed by atoms with E-state index in [0.29, 0.717) is 0 Å². The normalized spacial score (nSPS) is 12.6. The Kier molecular flexibility index (Phi) is 5.17. The zero-order valence-electron chi connectivity index (χ0n) is 4.91. The number of hydrogen-bond donors (Lipinski definition) is 1. The summed E-state index contributed by atoms with van der Waals surface area (Å²) < 4.78 is 0. The quantitative estimate of drug-likeness (QED) is 0.322. The molecule has 0 bridgehead atoms. The Hall–Kier alpha value is -1.05. The number of nitrogens with zero attached hydrogens (tertiary/aromatic N) is 1. The Labute approximate surface area is 49.4 Å². The maximum absolute atomic E-state index is 4.94. The Bertz CT molecular complexity index is 97.7. The van der Waals surface area contributed by atoms with Crippen LogP contribution in [-0.4, -0.2) is 6.34 Å². The van der Waals surface area contributed by atoms with Crippen molar-refractivity contribution in [2.75, 3.05) is 0 Å². The first kappa shape index (κ1) is 6.95. The van der Waals surface area contributed by atoms with Gasteiger partial charge in [0, 0.05) is 6.20 Å². The van der Waals surface area contributed by atoms with E-state index in [1.807, 2.05) is 25.2 Å². The molecule has 0 aromatic rings. The van der Waals surface area contributed by atoms with Gasteiger partial charge in [0.25, 0.3) is 0 Å². The highest BCUT2D eigenvalue weighted by Crippen LogP contribution is 1.74. The van der Waals surface area contributed by atoms with Crippen molar-refractivity contribution in [1.82, 2.24) is 0 Å². The molecule has 0 atom stereocenters. The zero-order valence-corrected chi connectivity index (χ0v) is 4.91. The molecule has 0 amide bonds. The smallest absolute Gasteiger partial charge is 0.0852 e. The lowest BCUT2D eigenvalue weighted by Crippen LogP contribution is -1.84. The molecule has 0 aromatic heterocycles. The second-order valence-corrected chi connectivity index (χ2v) is 1.17. The number of rotatable bonds is 2. The Morgan fingerprint density at radius 2 is 2.12 bits per heavy atom. The monoisotopic (exact) mass is 110 g/mol. The number of aliphatic imine (C=N–C) groups is 1.